The standard InChI is InChI=1S/C16H18N4O4/c1-19-14(21)13(15(22)20(2)16(19)23)12-8-11(17-18-12)9-4-6-10(24-3)7-5-9/h4-7,11,17,21H,8H2,1-3H3. The highest BCUT2D eigenvalue weighted by Crippen LogP contribution is 2.27. The summed E-state index contributed by atoms with van der Waals surface area (Å²) in [6.45, 7) is 0. The summed E-state index contributed by atoms with van der Waals surface area (Å²) in [7, 11) is 4.38. The molecule has 3 rings (SSSR count). The number of aromatic nitrogens is 2. The van der Waals surface area contributed by atoms with Gasteiger partial charge >= 0.3 is 5.69 Å². The molecular formula is C16H18N4O4. The predicted molar refractivity (Wildman–Crippen MR) is 88.6 cm³/mol. The Morgan fingerprint density at radius 3 is 2.50 bits per heavy atom. The average Bonchev–Trinajstić information content (AvgIpc) is 3.08. The molecule has 8 heteroatoms. The summed E-state index contributed by atoms with van der Waals surface area (Å²) < 4.78 is 7.12. The van der Waals surface area contributed by atoms with E-state index in [9.17, 15) is 14.7 Å². The van der Waals surface area contributed by atoms with E-state index >= 15 is 0 Å². The summed E-state index contributed by atoms with van der Waals surface area (Å²) in [6, 6.07) is 7.39. The smallest absolute Gasteiger partial charge is 0.333 e. The summed E-state index contributed by atoms with van der Waals surface area (Å²) in [5.74, 6) is 0.376. The maximum absolute atomic E-state index is 12.3. The monoisotopic (exact) mass is 330 g/mol. The first-order valence-electron chi connectivity index (χ1n) is 7.39. The molecule has 0 saturated carbocycles. The third-order valence-corrected chi connectivity index (χ3v) is 4.19. The quantitative estimate of drug-likeness (QED) is 0.840. The lowest BCUT2D eigenvalue weighted by Crippen LogP contribution is -2.39. The van der Waals surface area contributed by atoms with E-state index in [0.29, 0.717) is 12.1 Å². The summed E-state index contributed by atoms with van der Waals surface area (Å²) >= 11 is 0. The van der Waals surface area contributed by atoms with Crippen LogP contribution in [0.15, 0.2) is 39.0 Å². The van der Waals surface area contributed by atoms with Crippen molar-refractivity contribution in [3.05, 3.63) is 56.2 Å². The normalized spacial score (nSPS) is 16.6. The van der Waals surface area contributed by atoms with Crippen LogP contribution in [0.3, 0.4) is 0 Å². The Labute approximate surface area is 137 Å². The highest BCUT2D eigenvalue weighted by molar-refractivity contribution is 6.03. The largest absolute Gasteiger partial charge is 0.497 e. The minimum Gasteiger partial charge on any atom is -0.497 e. The van der Waals surface area contributed by atoms with Crippen molar-refractivity contribution < 1.29 is 9.84 Å². The molecule has 2 N–H and O–H groups in total. The van der Waals surface area contributed by atoms with E-state index < -0.39 is 11.2 Å². The van der Waals surface area contributed by atoms with Crippen LogP contribution in [0.25, 0.3) is 0 Å². The van der Waals surface area contributed by atoms with Crippen molar-refractivity contribution in [2.24, 2.45) is 19.2 Å². The summed E-state index contributed by atoms with van der Waals surface area (Å²) in [4.78, 5) is 24.2. The van der Waals surface area contributed by atoms with Gasteiger partial charge in [-0.15, -0.1) is 0 Å². The maximum Gasteiger partial charge on any atom is 0.333 e. The lowest BCUT2D eigenvalue weighted by Gasteiger charge is -2.12. The van der Waals surface area contributed by atoms with Gasteiger partial charge in [0.15, 0.2) is 0 Å². The molecule has 1 aromatic carbocycles. The molecule has 8 nitrogen and oxygen atoms in total. The Balaban J connectivity index is 1.94. The molecule has 24 heavy (non-hydrogen) atoms. The molecule has 0 radical (unpaired) electrons. The van der Waals surface area contributed by atoms with Crippen LogP contribution in [0.1, 0.15) is 23.6 Å². The van der Waals surface area contributed by atoms with E-state index in [1.54, 1.807) is 7.11 Å². The highest BCUT2D eigenvalue weighted by Gasteiger charge is 2.27. The molecule has 0 spiro atoms. The van der Waals surface area contributed by atoms with E-state index in [2.05, 4.69) is 10.5 Å². The Morgan fingerprint density at radius 2 is 1.88 bits per heavy atom. The van der Waals surface area contributed by atoms with Crippen molar-refractivity contribution in [1.82, 2.24) is 14.6 Å². The number of nitrogens with one attached hydrogen (secondary N) is 1. The van der Waals surface area contributed by atoms with Crippen molar-refractivity contribution in [1.29, 1.82) is 0 Å². The van der Waals surface area contributed by atoms with Gasteiger partial charge in [-0.3, -0.25) is 13.9 Å². The molecule has 1 aromatic heterocycles. The predicted octanol–water partition coefficient (Wildman–Crippen LogP) is 0.237. The lowest BCUT2D eigenvalue weighted by molar-refractivity contribution is 0.410. The number of nitrogens with zero attached hydrogens (tertiary/aromatic N) is 3. The molecule has 1 unspecified atom stereocenters. The zero-order valence-electron chi connectivity index (χ0n) is 13.6. The molecule has 2 aromatic rings. The second-order valence-electron chi connectivity index (χ2n) is 5.62. The molecule has 0 aliphatic carbocycles. The molecule has 1 aliphatic heterocycles. The fourth-order valence-electron chi connectivity index (χ4n) is 2.71. The second kappa shape index (κ2) is 5.88. The molecule has 2 heterocycles. The SMILES string of the molecule is COc1ccc(C2CC(c3c(O)n(C)c(=O)n(C)c3=O)=NN2)cc1. The van der Waals surface area contributed by atoms with Crippen LogP contribution in [-0.2, 0) is 14.1 Å². The molecule has 0 fully saturated rings. The third kappa shape index (κ3) is 2.45. The molecule has 0 amide bonds. The summed E-state index contributed by atoms with van der Waals surface area (Å²) in [5, 5.41) is 14.4. The zero-order chi connectivity index (χ0) is 17.4. The second-order valence-corrected chi connectivity index (χ2v) is 5.62. The van der Waals surface area contributed by atoms with Crippen LogP contribution in [0.5, 0.6) is 11.6 Å². The van der Waals surface area contributed by atoms with Crippen LogP contribution in [0.2, 0.25) is 0 Å². The molecule has 126 valence electrons. The fraction of sp³-hybridized carbons (Fsp3) is 0.312. The number of hydrazone groups is 1. The average molecular weight is 330 g/mol. The van der Waals surface area contributed by atoms with Gasteiger partial charge in [0.25, 0.3) is 5.56 Å². The number of hydrogen-bond acceptors (Lipinski definition) is 6. The van der Waals surface area contributed by atoms with Crippen molar-refractivity contribution in [3.8, 4) is 11.6 Å². The Hall–Kier alpha value is -3.03. The lowest BCUT2D eigenvalue weighted by atomic mass is 10.00. The van der Waals surface area contributed by atoms with Gasteiger partial charge in [-0.2, -0.15) is 5.10 Å². The first-order valence-corrected chi connectivity index (χ1v) is 7.39. The van der Waals surface area contributed by atoms with Crippen LogP contribution in [0, 0.1) is 0 Å². The summed E-state index contributed by atoms with van der Waals surface area (Å²) in [6.07, 6.45) is 0.424. The van der Waals surface area contributed by atoms with Crippen LogP contribution in [-0.4, -0.2) is 27.1 Å². The number of methoxy groups -OCH3 is 1. The molecule has 1 aliphatic rings. The van der Waals surface area contributed by atoms with E-state index in [-0.39, 0.29) is 17.5 Å². The summed E-state index contributed by atoms with van der Waals surface area (Å²) in [5.41, 5.74) is 3.27. The van der Waals surface area contributed by atoms with Gasteiger partial charge < -0.3 is 15.3 Å². The van der Waals surface area contributed by atoms with Gasteiger partial charge in [-0.1, -0.05) is 12.1 Å². The maximum atomic E-state index is 12.3. The zero-order valence-corrected chi connectivity index (χ0v) is 13.6. The number of ether oxygens (including phenoxy) is 1. The molecule has 1 atom stereocenters. The van der Waals surface area contributed by atoms with Gasteiger partial charge in [0.05, 0.1) is 18.9 Å². The minimum absolute atomic E-state index is 0.0445. The van der Waals surface area contributed by atoms with Gasteiger partial charge in [0.2, 0.25) is 5.88 Å². The van der Waals surface area contributed by atoms with Crippen LogP contribution in [0.4, 0.5) is 0 Å². The molecular weight excluding hydrogens is 312 g/mol. The number of benzene rings is 1. The van der Waals surface area contributed by atoms with Gasteiger partial charge in [0.1, 0.15) is 11.3 Å². The van der Waals surface area contributed by atoms with E-state index in [1.165, 1.54) is 14.1 Å². The Morgan fingerprint density at radius 1 is 1.21 bits per heavy atom. The molecule has 0 saturated heterocycles. The van der Waals surface area contributed by atoms with Crippen LogP contribution >= 0.6 is 0 Å². The third-order valence-electron chi connectivity index (χ3n) is 4.19. The number of hydrogen-bond donors (Lipinski definition) is 2. The first kappa shape index (κ1) is 15.9. The van der Waals surface area contributed by atoms with Crippen molar-refractivity contribution >= 4 is 5.71 Å². The fourth-order valence-corrected chi connectivity index (χ4v) is 2.71. The number of aromatic hydroxyl groups is 1. The number of rotatable bonds is 3. The Kier molecular flexibility index (Phi) is 3.88. The minimum atomic E-state index is -0.584. The first-order chi connectivity index (χ1) is 11.4. The van der Waals surface area contributed by atoms with E-state index in [1.807, 2.05) is 24.3 Å². The van der Waals surface area contributed by atoms with Crippen LogP contribution < -0.4 is 21.4 Å². The van der Waals surface area contributed by atoms with Gasteiger partial charge in [-0.25, -0.2) is 4.79 Å². The molecule has 0 bridgehead atoms. The van der Waals surface area contributed by atoms with E-state index in [4.69, 9.17) is 4.74 Å². The topological polar surface area (TPSA) is 97.9 Å². The highest BCUT2D eigenvalue weighted by atomic mass is 16.5. The van der Waals surface area contributed by atoms with Gasteiger partial charge in [-0.05, 0) is 17.7 Å². The van der Waals surface area contributed by atoms with Gasteiger partial charge in [0, 0.05) is 20.5 Å². The van der Waals surface area contributed by atoms with Crippen molar-refractivity contribution in [3.63, 3.8) is 0 Å². The van der Waals surface area contributed by atoms with Crippen molar-refractivity contribution in [2.45, 2.75) is 12.5 Å². The van der Waals surface area contributed by atoms with E-state index in [0.717, 1.165) is 20.4 Å². The Bertz CT molecular complexity index is 925. The van der Waals surface area contributed by atoms with Crippen molar-refractivity contribution in [2.75, 3.05) is 7.11 Å².